The Morgan fingerprint density at radius 2 is 1.77 bits per heavy atom. The summed E-state index contributed by atoms with van der Waals surface area (Å²) in [6.45, 7) is 3.67. The fraction of sp³-hybridized carbons (Fsp3) is 0.188. The van der Waals surface area contributed by atoms with Crippen LogP contribution < -0.4 is 4.74 Å². The third-order valence-corrected chi connectivity index (χ3v) is 3.46. The van der Waals surface area contributed by atoms with Crippen LogP contribution in [0.4, 0.5) is 22.0 Å². The molecule has 1 radical (unpaired) electrons. The molecule has 1 atom stereocenters. The lowest BCUT2D eigenvalue weighted by Crippen LogP contribution is -2.06. The van der Waals surface area contributed by atoms with Crippen molar-refractivity contribution in [2.75, 3.05) is 0 Å². The molecule has 2 aromatic rings. The molecule has 1 aliphatic rings. The maximum Gasteiger partial charge on any atom is 0.416 e. The van der Waals surface area contributed by atoms with Crippen molar-refractivity contribution >= 4 is 0 Å². The van der Waals surface area contributed by atoms with Gasteiger partial charge in [-0.2, -0.15) is 13.2 Å². The quantitative estimate of drug-likeness (QED) is 0.688. The largest absolute Gasteiger partial charge is 0.489 e. The number of benzene rings is 2. The summed E-state index contributed by atoms with van der Waals surface area (Å²) in [6, 6.07) is 4.82. The van der Waals surface area contributed by atoms with Gasteiger partial charge in [0.05, 0.1) is 5.56 Å². The Morgan fingerprint density at radius 1 is 1.05 bits per heavy atom. The summed E-state index contributed by atoms with van der Waals surface area (Å²) in [4.78, 5) is 0. The summed E-state index contributed by atoms with van der Waals surface area (Å²) in [7, 11) is 0. The predicted molar refractivity (Wildman–Crippen MR) is 70.3 cm³/mol. The summed E-state index contributed by atoms with van der Waals surface area (Å²) in [5, 5.41) is 0. The number of rotatable bonds is 1. The molecule has 0 saturated heterocycles. The third kappa shape index (κ3) is 2.53. The van der Waals surface area contributed by atoms with E-state index < -0.39 is 29.5 Å². The van der Waals surface area contributed by atoms with Crippen molar-refractivity contribution in [2.45, 2.75) is 18.7 Å². The van der Waals surface area contributed by atoms with Crippen LogP contribution in [0.3, 0.4) is 0 Å². The summed E-state index contributed by atoms with van der Waals surface area (Å²) in [5.74, 6) is -1.96. The van der Waals surface area contributed by atoms with Gasteiger partial charge in [-0.15, -0.1) is 0 Å². The van der Waals surface area contributed by atoms with Gasteiger partial charge in [-0.1, -0.05) is 6.07 Å². The van der Waals surface area contributed by atoms with Gasteiger partial charge in [-0.3, -0.25) is 0 Å². The lowest BCUT2D eigenvalue weighted by atomic mass is 9.97. The van der Waals surface area contributed by atoms with Gasteiger partial charge in [0.1, 0.15) is 11.9 Å². The topological polar surface area (TPSA) is 9.23 Å². The Morgan fingerprint density at radius 3 is 2.41 bits per heavy atom. The highest BCUT2D eigenvalue weighted by molar-refractivity contribution is 5.74. The van der Waals surface area contributed by atoms with Crippen LogP contribution >= 0.6 is 0 Å². The predicted octanol–water partition coefficient (Wildman–Crippen LogP) is 4.79. The molecule has 3 rings (SSSR count). The minimum Gasteiger partial charge on any atom is -0.489 e. The van der Waals surface area contributed by atoms with Crippen LogP contribution in [0.1, 0.15) is 11.1 Å². The average Bonchev–Trinajstić information content (AvgIpc) is 2.80. The van der Waals surface area contributed by atoms with Gasteiger partial charge >= 0.3 is 6.18 Å². The molecule has 0 saturated carbocycles. The maximum atomic E-state index is 13.4. The number of ether oxygens (including phenoxy) is 1. The second kappa shape index (κ2) is 4.97. The molecule has 1 nitrogen and oxygen atoms in total. The molecule has 0 amide bonds. The zero-order chi connectivity index (χ0) is 16.1. The molecule has 1 aliphatic heterocycles. The van der Waals surface area contributed by atoms with E-state index >= 15 is 0 Å². The minimum absolute atomic E-state index is 0.0786. The monoisotopic (exact) mass is 313 g/mol. The van der Waals surface area contributed by atoms with E-state index in [2.05, 4.69) is 6.92 Å². The lowest BCUT2D eigenvalue weighted by Gasteiger charge is -2.14. The minimum atomic E-state index is -4.54. The normalized spacial score (nSPS) is 17.3. The van der Waals surface area contributed by atoms with E-state index in [1.165, 1.54) is 6.07 Å². The highest BCUT2D eigenvalue weighted by Gasteiger charge is 2.34. The van der Waals surface area contributed by atoms with Crippen molar-refractivity contribution in [3.8, 4) is 16.9 Å². The number of hydrogen-bond donors (Lipinski definition) is 0. The van der Waals surface area contributed by atoms with Crippen molar-refractivity contribution in [3.63, 3.8) is 0 Å². The SMILES string of the molecule is [CH2]C1Cc2cc(C(F)(F)F)cc(-c3ccc(F)c(F)c3)c2O1. The molecule has 1 unspecified atom stereocenters. The Hall–Kier alpha value is -2.11. The molecule has 22 heavy (non-hydrogen) atoms. The average molecular weight is 313 g/mol. The molecular weight excluding hydrogens is 303 g/mol. The van der Waals surface area contributed by atoms with E-state index in [1.807, 2.05) is 0 Å². The van der Waals surface area contributed by atoms with Crippen LogP contribution in [-0.2, 0) is 12.6 Å². The molecule has 0 N–H and O–H groups in total. The van der Waals surface area contributed by atoms with Crippen LogP contribution in [0.15, 0.2) is 30.3 Å². The van der Waals surface area contributed by atoms with Crippen LogP contribution in [0.25, 0.3) is 11.1 Å². The van der Waals surface area contributed by atoms with Crippen molar-refractivity contribution in [3.05, 3.63) is 60.0 Å². The zero-order valence-corrected chi connectivity index (χ0v) is 11.2. The first kappa shape index (κ1) is 14.8. The van der Waals surface area contributed by atoms with Gasteiger partial charge in [0.25, 0.3) is 0 Å². The van der Waals surface area contributed by atoms with Crippen molar-refractivity contribution in [1.82, 2.24) is 0 Å². The molecular formula is C16H10F5O. The molecule has 115 valence electrons. The van der Waals surface area contributed by atoms with E-state index in [9.17, 15) is 22.0 Å². The molecule has 6 heteroatoms. The third-order valence-electron chi connectivity index (χ3n) is 3.46. The highest BCUT2D eigenvalue weighted by atomic mass is 19.4. The van der Waals surface area contributed by atoms with Crippen molar-refractivity contribution in [2.24, 2.45) is 0 Å². The number of fused-ring (bicyclic) bond motifs is 1. The molecule has 0 fully saturated rings. The summed E-state index contributed by atoms with van der Waals surface area (Å²) in [6.07, 6.45) is -4.82. The van der Waals surface area contributed by atoms with E-state index in [-0.39, 0.29) is 23.3 Å². The first-order chi connectivity index (χ1) is 10.3. The highest BCUT2D eigenvalue weighted by Crippen LogP contribution is 2.43. The number of halogens is 5. The molecule has 0 bridgehead atoms. The van der Waals surface area contributed by atoms with E-state index in [0.29, 0.717) is 5.56 Å². The summed E-state index contributed by atoms with van der Waals surface area (Å²) in [5.41, 5.74) is -0.302. The van der Waals surface area contributed by atoms with Crippen molar-refractivity contribution < 1.29 is 26.7 Å². The Balaban J connectivity index is 2.21. The van der Waals surface area contributed by atoms with Gasteiger partial charge in [0.2, 0.25) is 0 Å². The number of hydrogen-bond acceptors (Lipinski definition) is 1. The van der Waals surface area contributed by atoms with Crippen LogP contribution in [0.2, 0.25) is 0 Å². The number of alkyl halides is 3. The molecule has 0 aromatic heterocycles. The molecule has 0 aliphatic carbocycles. The summed E-state index contributed by atoms with van der Waals surface area (Å²) < 4.78 is 70.8. The first-order valence-corrected chi connectivity index (χ1v) is 6.45. The Labute approximate surface area is 123 Å². The fourth-order valence-electron chi connectivity index (χ4n) is 2.48. The van der Waals surface area contributed by atoms with Crippen LogP contribution in [-0.4, -0.2) is 6.10 Å². The van der Waals surface area contributed by atoms with Crippen LogP contribution in [0.5, 0.6) is 5.75 Å². The Kier molecular flexibility index (Phi) is 3.34. The van der Waals surface area contributed by atoms with E-state index in [4.69, 9.17) is 4.74 Å². The first-order valence-electron chi connectivity index (χ1n) is 6.45. The van der Waals surface area contributed by atoms with Gasteiger partial charge in [-0.25, -0.2) is 8.78 Å². The van der Waals surface area contributed by atoms with Gasteiger partial charge in [-0.05, 0) is 42.3 Å². The van der Waals surface area contributed by atoms with Gasteiger partial charge in [0, 0.05) is 12.0 Å². The summed E-state index contributed by atoms with van der Waals surface area (Å²) >= 11 is 0. The van der Waals surface area contributed by atoms with Crippen LogP contribution in [0, 0.1) is 18.6 Å². The maximum absolute atomic E-state index is 13.4. The molecule has 1 heterocycles. The smallest absolute Gasteiger partial charge is 0.416 e. The second-order valence-electron chi connectivity index (χ2n) is 5.08. The Bertz CT molecular complexity index is 736. The van der Waals surface area contributed by atoms with E-state index in [1.54, 1.807) is 0 Å². The lowest BCUT2D eigenvalue weighted by molar-refractivity contribution is -0.137. The fourth-order valence-corrected chi connectivity index (χ4v) is 2.48. The zero-order valence-electron chi connectivity index (χ0n) is 11.2. The van der Waals surface area contributed by atoms with Gasteiger partial charge < -0.3 is 4.74 Å². The second-order valence-corrected chi connectivity index (χ2v) is 5.08. The molecule has 0 spiro atoms. The molecule has 2 aromatic carbocycles. The van der Waals surface area contributed by atoms with Crippen molar-refractivity contribution in [1.29, 1.82) is 0 Å². The standard InChI is InChI=1S/C16H10F5O/c1-8-4-10-5-11(16(19,20)21)7-12(15(10)22-8)9-2-3-13(17)14(18)6-9/h2-3,5-8H,1,4H2. The van der Waals surface area contributed by atoms with Gasteiger partial charge in [0.15, 0.2) is 11.6 Å². The van der Waals surface area contributed by atoms with E-state index in [0.717, 1.165) is 24.3 Å².